The van der Waals surface area contributed by atoms with E-state index in [9.17, 15) is 4.79 Å². The Balaban J connectivity index is 2.01. The molecule has 1 aliphatic heterocycles. The summed E-state index contributed by atoms with van der Waals surface area (Å²) in [5.41, 5.74) is 1.99. The highest BCUT2D eigenvalue weighted by Crippen LogP contribution is 2.27. The van der Waals surface area contributed by atoms with E-state index in [-0.39, 0.29) is 18.1 Å². The van der Waals surface area contributed by atoms with Crippen molar-refractivity contribution < 1.29 is 14.3 Å². The first-order valence-corrected chi connectivity index (χ1v) is 6.63. The summed E-state index contributed by atoms with van der Waals surface area (Å²) in [6.45, 7) is 4.54. The summed E-state index contributed by atoms with van der Waals surface area (Å²) in [5.74, 6) is 0.547. The topological polar surface area (TPSA) is 47.6 Å². The van der Waals surface area contributed by atoms with Crippen LogP contribution in [0.25, 0.3) is 0 Å². The van der Waals surface area contributed by atoms with Crippen LogP contribution in [-0.2, 0) is 9.53 Å². The number of methoxy groups -OCH3 is 1. The summed E-state index contributed by atoms with van der Waals surface area (Å²) in [5, 5.41) is 3.86. The Hall–Kier alpha value is -1.26. The molecule has 0 saturated carbocycles. The molecule has 104 valence electrons. The smallest absolute Gasteiger partial charge is 0.323 e. The van der Waals surface area contributed by atoms with E-state index in [4.69, 9.17) is 21.1 Å². The number of nitrogens with one attached hydrogen (secondary N) is 1. The fourth-order valence-corrected chi connectivity index (χ4v) is 2.39. The van der Waals surface area contributed by atoms with Crippen molar-refractivity contribution in [1.82, 2.24) is 5.32 Å². The van der Waals surface area contributed by atoms with E-state index in [0.29, 0.717) is 13.0 Å². The maximum atomic E-state index is 11.4. The van der Waals surface area contributed by atoms with E-state index in [2.05, 4.69) is 5.32 Å². The average molecular weight is 284 g/mol. The van der Waals surface area contributed by atoms with Crippen LogP contribution >= 0.6 is 11.6 Å². The number of halogens is 1. The van der Waals surface area contributed by atoms with Gasteiger partial charge in [0.15, 0.2) is 0 Å². The zero-order valence-electron chi connectivity index (χ0n) is 11.3. The number of carbonyl (C=O) groups excluding carboxylic acids is 1. The maximum absolute atomic E-state index is 11.4. The van der Waals surface area contributed by atoms with E-state index in [1.807, 2.05) is 26.0 Å². The molecule has 1 aliphatic rings. The Kier molecular flexibility index (Phi) is 4.32. The predicted octanol–water partition coefficient (Wildman–Crippen LogP) is 2.24. The second kappa shape index (κ2) is 5.80. The lowest BCUT2D eigenvalue weighted by Gasteiger charge is -2.15. The zero-order chi connectivity index (χ0) is 14.0. The molecular formula is C14H18ClNO3. The fourth-order valence-electron chi connectivity index (χ4n) is 2.28. The zero-order valence-corrected chi connectivity index (χ0v) is 12.1. The molecule has 1 aromatic carbocycles. The molecule has 4 nitrogen and oxygen atoms in total. The number of hydrogen-bond acceptors (Lipinski definition) is 4. The standard InChI is InChI=1S/C14H18ClNO3/c1-8-4-10(5-9(2)13(8)15)19-11-6-12(16-7-11)14(17)18-3/h4-5,11-12,16H,6-7H2,1-3H3/t11?,12-/m0/s1. The molecule has 2 rings (SSSR count). The number of esters is 1. The monoisotopic (exact) mass is 283 g/mol. The number of rotatable bonds is 3. The summed E-state index contributed by atoms with van der Waals surface area (Å²) in [6, 6.07) is 3.56. The first-order chi connectivity index (χ1) is 9.01. The van der Waals surface area contributed by atoms with Gasteiger partial charge in [-0.05, 0) is 37.1 Å². The van der Waals surface area contributed by atoms with Crippen LogP contribution in [0.4, 0.5) is 0 Å². The number of aryl methyl sites for hydroxylation is 2. The molecule has 0 bridgehead atoms. The van der Waals surface area contributed by atoms with Crippen molar-refractivity contribution in [2.24, 2.45) is 0 Å². The molecule has 2 atom stereocenters. The average Bonchev–Trinajstić information content (AvgIpc) is 2.83. The van der Waals surface area contributed by atoms with Gasteiger partial charge in [-0.3, -0.25) is 4.79 Å². The minimum atomic E-state index is -0.274. The van der Waals surface area contributed by atoms with Crippen LogP contribution in [0.2, 0.25) is 5.02 Å². The number of hydrogen-bond donors (Lipinski definition) is 1. The van der Waals surface area contributed by atoms with E-state index in [1.165, 1.54) is 7.11 Å². The van der Waals surface area contributed by atoms with Crippen molar-refractivity contribution >= 4 is 17.6 Å². The number of ether oxygens (including phenoxy) is 2. The van der Waals surface area contributed by atoms with E-state index in [0.717, 1.165) is 21.9 Å². The Labute approximate surface area is 118 Å². The van der Waals surface area contributed by atoms with Crippen molar-refractivity contribution in [2.45, 2.75) is 32.4 Å². The van der Waals surface area contributed by atoms with Crippen molar-refractivity contribution in [1.29, 1.82) is 0 Å². The van der Waals surface area contributed by atoms with Crippen LogP contribution in [-0.4, -0.2) is 31.8 Å². The molecule has 1 aromatic rings. The third-order valence-electron chi connectivity index (χ3n) is 3.29. The van der Waals surface area contributed by atoms with E-state index in [1.54, 1.807) is 0 Å². The van der Waals surface area contributed by atoms with Gasteiger partial charge in [-0.25, -0.2) is 0 Å². The Morgan fingerprint density at radius 3 is 2.58 bits per heavy atom. The van der Waals surface area contributed by atoms with Crippen LogP contribution in [0.3, 0.4) is 0 Å². The molecule has 1 heterocycles. The van der Waals surface area contributed by atoms with Crippen molar-refractivity contribution in [3.63, 3.8) is 0 Å². The highest BCUT2D eigenvalue weighted by Gasteiger charge is 2.31. The molecule has 1 N–H and O–H groups in total. The molecule has 1 unspecified atom stereocenters. The summed E-state index contributed by atoms with van der Waals surface area (Å²) < 4.78 is 10.6. The molecule has 0 aliphatic carbocycles. The normalized spacial score (nSPS) is 22.3. The lowest BCUT2D eigenvalue weighted by atomic mass is 10.1. The lowest BCUT2D eigenvalue weighted by molar-refractivity contribution is -0.142. The van der Waals surface area contributed by atoms with Gasteiger partial charge in [0.25, 0.3) is 0 Å². The molecule has 0 spiro atoms. The summed E-state index contributed by atoms with van der Waals surface area (Å²) in [4.78, 5) is 11.4. The minimum absolute atomic E-state index is 0.0240. The molecule has 1 fully saturated rings. The highest BCUT2D eigenvalue weighted by molar-refractivity contribution is 6.32. The highest BCUT2D eigenvalue weighted by atomic mass is 35.5. The Morgan fingerprint density at radius 1 is 1.37 bits per heavy atom. The second-order valence-corrected chi connectivity index (χ2v) is 5.21. The van der Waals surface area contributed by atoms with Crippen LogP contribution in [0.5, 0.6) is 5.75 Å². The number of benzene rings is 1. The Bertz CT molecular complexity index is 467. The minimum Gasteiger partial charge on any atom is -0.489 e. The lowest BCUT2D eigenvalue weighted by Crippen LogP contribution is -2.31. The molecule has 1 saturated heterocycles. The summed E-state index contributed by atoms with van der Waals surface area (Å²) in [6.07, 6.45) is 0.594. The van der Waals surface area contributed by atoms with Crippen LogP contribution in [0, 0.1) is 13.8 Å². The quantitative estimate of drug-likeness (QED) is 0.865. The predicted molar refractivity (Wildman–Crippen MR) is 73.8 cm³/mol. The molecular weight excluding hydrogens is 266 g/mol. The van der Waals surface area contributed by atoms with Gasteiger partial charge >= 0.3 is 5.97 Å². The van der Waals surface area contributed by atoms with Crippen molar-refractivity contribution in [2.75, 3.05) is 13.7 Å². The molecule has 19 heavy (non-hydrogen) atoms. The van der Waals surface area contributed by atoms with Gasteiger partial charge in [0.05, 0.1) is 7.11 Å². The molecule has 0 aromatic heterocycles. The fraction of sp³-hybridized carbons (Fsp3) is 0.500. The third kappa shape index (κ3) is 3.19. The van der Waals surface area contributed by atoms with Gasteiger partial charge in [0.2, 0.25) is 0 Å². The Morgan fingerprint density at radius 2 is 2.00 bits per heavy atom. The van der Waals surface area contributed by atoms with Crippen molar-refractivity contribution in [3.8, 4) is 5.75 Å². The van der Waals surface area contributed by atoms with Crippen molar-refractivity contribution in [3.05, 3.63) is 28.3 Å². The first kappa shape index (κ1) is 14.2. The first-order valence-electron chi connectivity index (χ1n) is 6.26. The van der Waals surface area contributed by atoms with Gasteiger partial charge in [-0.1, -0.05) is 11.6 Å². The van der Waals surface area contributed by atoms with Gasteiger partial charge in [-0.2, -0.15) is 0 Å². The van der Waals surface area contributed by atoms with E-state index < -0.39 is 0 Å². The SMILES string of the molecule is COC(=O)[C@@H]1CC(Oc2cc(C)c(Cl)c(C)c2)CN1. The maximum Gasteiger partial charge on any atom is 0.323 e. The van der Waals surface area contributed by atoms with Crippen LogP contribution in [0.15, 0.2) is 12.1 Å². The molecule has 0 radical (unpaired) electrons. The molecule has 0 amide bonds. The third-order valence-corrected chi connectivity index (χ3v) is 3.89. The van der Waals surface area contributed by atoms with Crippen LogP contribution in [0.1, 0.15) is 17.5 Å². The van der Waals surface area contributed by atoms with Gasteiger partial charge in [0.1, 0.15) is 17.9 Å². The number of carbonyl (C=O) groups is 1. The van der Waals surface area contributed by atoms with E-state index >= 15 is 0 Å². The van der Waals surface area contributed by atoms with Gasteiger partial charge in [-0.15, -0.1) is 0 Å². The molecule has 5 heteroatoms. The van der Waals surface area contributed by atoms with Gasteiger partial charge in [0, 0.05) is 18.0 Å². The largest absolute Gasteiger partial charge is 0.489 e. The summed E-state index contributed by atoms with van der Waals surface area (Å²) >= 11 is 6.12. The van der Waals surface area contributed by atoms with Crippen LogP contribution < -0.4 is 10.1 Å². The second-order valence-electron chi connectivity index (χ2n) is 4.83. The van der Waals surface area contributed by atoms with Gasteiger partial charge < -0.3 is 14.8 Å². The summed E-state index contributed by atoms with van der Waals surface area (Å²) in [7, 11) is 1.39.